The van der Waals surface area contributed by atoms with Gasteiger partial charge in [0.05, 0.1) is 5.56 Å². The number of nitrogens with zero attached hydrogens (tertiary/aromatic N) is 1. The van der Waals surface area contributed by atoms with E-state index in [4.69, 9.17) is 4.42 Å². The van der Waals surface area contributed by atoms with Crippen molar-refractivity contribution in [1.29, 1.82) is 5.26 Å². The molecule has 0 unspecified atom stereocenters. The Kier molecular flexibility index (Phi) is 4.68. The maximum absolute atomic E-state index is 12.7. The molecule has 3 rings (SSSR count). The number of rotatable bonds is 4. The van der Waals surface area contributed by atoms with Crippen molar-refractivity contribution in [3.05, 3.63) is 88.2 Å². The first-order valence-corrected chi connectivity index (χ1v) is 8.03. The Morgan fingerprint density at radius 3 is 2.23 bits per heavy atom. The highest BCUT2D eigenvalue weighted by Crippen LogP contribution is 2.26. The highest BCUT2D eigenvalue weighted by Gasteiger charge is 2.21. The molecule has 5 heteroatoms. The minimum absolute atomic E-state index is 0.0921. The summed E-state index contributed by atoms with van der Waals surface area (Å²) >= 11 is 0. The molecule has 128 valence electrons. The quantitative estimate of drug-likeness (QED) is 0.717. The van der Waals surface area contributed by atoms with Crippen LogP contribution in [0.5, 0.6) is 0 Å². The lowest BCUT2D eigenvalue weighted by Gasteiger charge is -2.08. The number of amides is 1. The molecular formula is C21H16N2O3. The van der Waals surface area contributed by atoms with Crippen LogP contribution in [0.3, 0.4) is 0 Å². The SMILES string of the molecule is Cc1oc(NC(=O)c2ccccc2C(=O)c2ccccc2)c(C#N)c1C. The topological polar surface area (TPSA) is 83.1 Å². The van der Waals surface area contributed by atoms with Gasteiger partial charge in [-0.3, -0.25) is 14.9 Å². The molecule has 1 aromatic heterocycles. The van der Waals surface area contributed by atoms with Crippen LogP contribution in [0.25, 0.3) is 0 Å². The number of nitrogens with one attached hydrogen (secondary N) is 1. The zero-order valence-electron chi connectivity index (χ0n) is 14.4. The fourth-order valence-electron chi connectivity index (χ4n) is 2.64. The van der Waals surface area contributed by atoms with Crippen molar-refractivity contribution in [1.82, 2.24) is 0 Å². The van der Waals surface area contributed by atoms with Crippen LogP contribution in [-0.4, -0.2) is 11.7 Å². The molecule has 3 aromatic rings. The highest BCUT2D eigenvalue weighted by atomic mass is 16.4. The predicted molar refractivity (Wildman–Crippen MR) is 97.2 cm³/mol. The number of benzene rings is 2. The van der Waals surface area contributed by atoms with Crippen molar-refractivity contribution in [2.24, 2.45) is 0 Å². The van der Waals surface area contributed by atoms with Crippen LogP contribution in [0.4, 0.5) is 5.88 Å². The van der Waals surface area contributed by atoms with E-state index in [-0.39, 0.29) is 28.4 Å². The Hall–Kier alpha value is -3.65. The zero-order chi connectivity index (χ0) is 18.7. The number of nitriles is 1. The van der Waals surface area contributed by atoms with Gasteiger partial charge < -0.3 is 4.42 Å². The molecule has 1 amide bonds. The van der Waals surface area contributed by atoms with E-state index in [1.807, 2.05) is 12.1 Å². The van der Waals surface area contributed by atoms with Crippen LogP contribution in [0.2, 0.25) is 0 Å². The molecule has 0 fully saturated rings. The number of ketones is 1. The van der Waals surface area contributed by atoms with Gasteiger partial charge in [0.1, 0.15) is 17.4 Å². The third-order valence-corrected chi connectivity index (χ3v) is 4.18. The third kappa shape index (κ3) is 3.13. The maximum Gasteiger partial charge on any atom is 0.258 e. The van der Waals surface area contributed by atoms with Crippen molar-refractivity contribution < 1.29 is 14.0 Å². The number of carbonyl (C=O) groups excluding carboxylic acids is 2. The van der Waals surface area contributed by atoms with Gasteiger partial charge in [-0.2, -0.15) is 5.26 Å². The van der Waals surface area contributed by atoms with Crippen LogP contribution >= 0.6 is 0 Å². The van der Waals surface area contributed by atoms with Gasteiger partial charge in [0.25, 0.3) is 5.91 Å². The van der Waals surface area contributed by atoms with Crippen molar-refractivity contribution in [3.8, 4) is 6.07 Å². The summed E-state index contributed by atoms with van der Waals surface area (Å²) in [4.78, 5) is 25.5. The molecule has 0 radical (unpaired) electrons. The maximum atomic E-state index is 12.7. The number of carbonyl (C=O) groups is 2. The first-order chi connectivity index (χ1) is 12.5. The number of aryl methyl sites for hydroxylation is 1. The lowest BCUT2D eigenvalue weighted by molar-refractivity contribution is 0.0994. The van der Waals surface area contributed by atoms with Crippen molar-refractivity contribution in [3.63, 3.8) is 0 Å². The summed E-state index contributed by atoms with van der Waals surface area (Å²) in [6.45, 7) is 3.47. The number of furan rings is 1. The number of anilines is 1. The van der Waals surface area contributed by atoms with E-state index in [0.29, 0.717) is 16.9 Å². The largest absolute Gasteiger partial charge is 0.444 e. The second kappa shape index (κ2) is 7.08. The molecule has 5 nitrogen and oxygen atoms in total. The Morgan fingerprint density at radius 2 is 1.58 bits per heavy atom. The van der Waals surface area contributed by atoms with Crippen LogP contribution in [0.1, 0.15) is 43.2 Å². The van der Waals surface area contributed by atoms with Gasteiger partial charge in [0.15, 0.2) is 5.78 Å². The second-order valence-corrected chi connectivity index (χ2v) is 5.79. The summed E-state index contributed by atoms with van der Waals surface area (Å²) in [5.41, 5.74) is 1.96. The molecule has 0 atom stereocenters. The van der Waals surface area contributed by atoms with E-state index in [9.17, 15) is 14.9 Å². The molecule has 0 bridgehead atoms. The molecule has 0 saturated carbocycles. The van der Waals surface area contributed by atoms with Gasteiger partial charge in [0.2, 0.25) is 5.88 Å². The lowest BCUT2D eigenvalue weighted by Crippen LogP contribution is -2.17. The Balaban J connectivity index is 1.96. The second-order valence-electron chi connectivity index (χ2n) is 5.79. The van der Waals surface area contributed by atoms with Gasteiger partial charge in [-0.25, -0.2) is 0 Å². The predicted octanol–water partition coefficient (Wildman–Crippen LogP) is 4.25. The zero-order valence-corrected chi connectivity index (χ0v) is 14.4. The lowest BCUT2D eigenvalue weighted by atomic mass is 9.98. The molecule has 0 spiro atoms. The monoisotopic (exact) mass is 344 g/mol. The van der Waals surface area contributed by atoms with E-state index in [1.165, 1.54) is 0 Å². The Bertz CT molecular complexity index is 1030. The van der Waals surface area contributed by atoms with E-state index in [0.717, 1.165) is 0 Å². The average molecular weight is 344 g/mol. The van der Waals surface area contributed by atoms with Crippen molar-refractivity contribution in [2.75, 3.05) is 5.32 Å². The van der Waals surface area contributed by atoms with Crippen molar-refractivity contribution >= 4 is 17.6 Å². The minimum Gasteiger partial charge on any atom is -0.444 e. The summed E-state index contributed by atoms with van der Waals surface area (Å²) < 4.78 is 5.47. The molecule has 0 saturated heterocycles. The van der Waals surface area contributed by atoms with Gasteiger partial charge in [-0.05, 0) is 19.9 Å². The fraction of sp³-hybridized carbons (Fsp3) is 0.0952. The van der Waals surface area contributed by atoms with E-state index in [2.05, 4.69) is 5.32 Å². The van der Waals surface area contributed by atoms with E-state index in [1.54, 1.807) is 62.4 Å². The summed E-state index contributed by atoms with van der Waals surface area (Å²) in [6.07, 6.45) is 0. The molecule has 1 N–H and O–H groups in total. The number of hydrogen-bond donors (Lipinski definition) is 1. The molecule has 0 aliphatic carbocycles. The number of hydrogen-bond acceptors (Lipinski definition) is 4. The van der Waals surface area contributed by atoms with Gasteiger partial charge in [-0.15, -0.1) is 0 Å². The summed E-state index contributed by atoms with van der Waals surface area (Å²) in [7, 11) is 0. The highest BCUT2D eigenvalue weighted by molar-refractivity contribution is 6.17. The minimum atomic E-state index is -0.505. The molecule has 0 aliphatic heterocycles. The van der Waals surface area contributed by atoms with E-state index >= 15 is 0 Å². The molecule has 26 heavy (non-hydrogen) atoms. The fourth-order valence-corrected chi connectivity index (χ4v) is 2.64. The average Bonchev–Trinajstić information content (AvgIpc) is 2.94. The van der Waals surface area contributed by atoms with Crippen molar-refractivity contribution in [2.45, 2.75) is 13.8 Å². The third-order valence-electron chi connectivity index (χ3n) is 4.18. The molecule has 0 aliphatic rings. The van der Waals surface area contributed by atoms with Crippen LogP contribution in [-0.2, 0) is 0 Å². The van der Waals surface area contributed by atoms with Crippen LogP contribution in [0.15, 0.2) is 59.0 Å². The van der Waals surface area contributed by atoms with Gasteiger partial charge in [0, 0.05) is 16.7 Å². The first-order valence-electron chi connectivity index (χ1n) is 8.03. The summed E-state index contributed by atoms with van der Waals surface area (Å²) in [5, 5.41) is 11.9. The normalized spacial score (nSPS) is 10.2. The molecular weight excluding hydrogens is 328 g/mol. The first kappa shape index (κ1) is 17.2. The van der Waals surface area contributed by atoms with Crippen LogP contribution in [0, 0.1) is 25.2 Å². The standard InChI is InChI=1S/C21H16N2O3/c1-13-14(2)26-21(18(13)12-22)23-20(25)17-11-7-6-10-16(17)19(24)15-8-4-3-5-9-15/h3-11H,1-2H3,(H,23,25). The van der Waals surface area contributed by atoms with Gasteiger partial charge >= 0.3 is 0 Å². The summed E-state index contributed by atoms with van der Waals surface area (Å²) in [6, 6.07) is 17.3. The van der Waals surface area contributed by atoms with E-state index < -0.39 is 5.91 Å². The molecule has 1 heterocycles. The Labute approximate surface area is 150 Å². The van der Waals surface area contributed by atoms with Crippen LogP contribution < -0.4 is 5.32 Å². The van der Waals surface area contributed by atoms with Gasteiger partial charge in [-0.1, -0.05) is 48.5 Å². The molecule has 2 aromatic carbocycles. The Morgan fingerprint density at radius 1 is 0.962 bits per heavy atom. The summed E-state index contributed by atoms with van der Waals surface area (Å²) in [5.74, 6) is -0.0984. The smallest absolute Gasteiger partial charge is 0.258 e.